The van der Waals surface area contributed by atoms with Crippen molar-refractivity contribution in [2.75, 3.05) is 20.3 Å². The topological polar surface area (TPSA) is 39.7 Å². The Morgan fingerprint density at radius 2 is 1.95 bits per heavy atom. The van der Waals surface area contributed by atoms with Crippen molar-refractivity contribution < 1.29 is 14.2 Å². The third kappa shape index (κ3) is 3.57. The summed E-state index contributed by atoms with van der Waals surface area (Å²) in [6, 6.07) is 9.04. The van der Waals surface area contributed by atoms with E-state index in [2.05, 4.69) is 17.4 Å². The van der Waals surface area contributed by atoms with E-state index in [9.17, 15) is 0 Å². The first kappa shape index (κ1) is 14.8. The molecule has 1 N–H and O–H groups in total. The van der Waals surface area contributed by atoms with Crippen molar-refractivity contribution in [3.05, 3.63) is 29.8 Å². The second-order valence-electron chi connectivity index (χ2n) is 6.50. The minimum atomic E-state index is -0.419. The standard InChI is InChI=1S/C17H25NO3/c1-17(2)20-11-16(21-17)10-18-14-8-13(9-14)12-4-6-15(19-3)7-5-12/h4-7,13-14,16,18H,8-11H2,1-3H3. The van der Waals surface area contributed by atoms with E-state index in [1.165, 1.54) is 18.4 Å². The highest BCUT2D eigenvalue weighted by Gasteiger charge is 2.35. The number of methoxy groups -OCH3 is 1. The average Bonchev–Trinajstić information content (AvgIpc) is 2.77. The molecule has 1 aromatic rings. The molecule has 0 spiro atoms. The van der Waals surface area contributed by atoms with Gasteiger partial charge in [0, 0.05) is 12.6 Å². The summed E-state index contributed by atoms with van der Waals surface area (Å²) < 4.78 is 16.6. The zero-order chi connectivity index (χ0) is 14.9. The fraction of sp³-hybridized carbons (Fsp3) is 0.647. The Balaban J connectivity index is 1.39. The summed E-state index contributed by atoms with van der Waals surface area (Å²) >= 11 is 0. The molecular weight excluding hydrogens is 266 g/mol. The highest BCUT2D eigenvalue weighted by Crippen LogP contribution is 2.37. The SMILES string of the molecule is COc1ccc(C2CC(NCC3COC(C)(C)O3)C2)cc1. The maximum Gasteiger partial charge on any atom is 0.163 e. The van der Waals surface area contributed by atoms with Gasteiger partial charge in [0.05, 0.1) is 19.8 Å². The van der Waals surface area contributed by atoms with E-state index in [-0.39, 0.29) is 6.10 Å². The molecule has 1 heterocycles. The first-order chi connectivity index (χ1) is 10.1. The van der Waals surface area contributed by atoms with Crippen LogP contribution in [0.1, 0.15) is 38.2 Å². The summed E-state index contributed by atoms with van der Waals surface area (Å²) in [6.45, 7) is 5.50. The van der Waals surface area contributed by atoms with Gasteiger partial charge in [0.15, 0.2) is 5.79 Å². The van der Waals surface area contributed by atoms with Gasteiger partial charge < -0.3 is 19.5 Å². The third-order valence-electron chi connectivity index (χ3n) is 4.43. The number of hydrogen-bond acceptors (Lipinski definition) is 4. The van der Waals surface area contributed by atoms with Crippen molar-refractivity contribution in [2.24, 2.45) is 0 Å². The fourth-order valence-electron chi connectivity index (χ4n) is 3.09. The molecule has 0 radical (unpaired) electrons. The minimum Gasteiger partial charge on any atom is -0.497 e. The van der Waals surface area contributed by atoms with Crippen molar-refractivity contribution in [3.8, 4) is 5.75 Å². The molecule has 1 aliphatic heterocycles. The van der Waals surface area contributed by atoms with E-state index in [1.54, 1.807) is 7.11 Å². The Morgan fingerprint density at radius 3 is 2.52 bits per heavy atom. The van der Waals surface area contributed by atoms with Crippen molar-refractivity contribution in [1.29, 1.82) is 0 Å². The van der Waals surface area contributed by atoms with Gasteiger partial charge in [-0.3, -0.25) is 0 Å². The van der Waals surface area contributed by atoms with E-state index in [4.69, 9.17) is 14.2 Å². The van der Waals surface area contributed by atoms with Crippen molar-refractivity contribution in [2.45, 2.75) is 50.5 Å². The van der Waals surface area contributed by atoms with Gasteiger partial charge in [0.2, 0.25) is 0 Å². The van der Waals surface area contributed by atoms with Crippen LogP contribution in [0.25, 0.3) is 0 Å². The predicted molar refractivity (Wildman–Crippen MR) is 81.7 cm³/mol. The van der Waals surface area contributed by atoms with Gasteiger partial charge in [-0.1, -0.05) is 12.1 Å². The third-order valence-corrected chi connectivity index (χ3v) is 4.43. The lowest BCUT2D eigenvalue weighted by Gasteiger charge is -2.37. The molecular formula is C17H25NO3. The molecule has 0 amide bonds. The first-order valence-electron chi connectivity index (χ1n) is 7.75. The van der Waals surface area contributed by atoms with Crippen LogP contribution in [-0.4, -0.2) is 38.2 Å². The maximum atomic E-state index is 5.81. The van der Waals surface area contributed by atoms with Crippen molar-refractivity contribution in [1.82, 2.24) is 5.32 Å². The molecule has 0 aromatic heterocycles. The van der Waals surface area contributed by atoms with Gasteiger partial charge in [-0.15, -0.1) is 0 Å². The largest absolute Gasteiger partial charge is 0.497 e. The molecule has 1 saturated heterocycles. The highest BCUT2D eigenvalue weighted by atomic mass is 16.7. The molecule has 1 aromatic carbocycles. The van der Waals surface area contributed by atoms with Gasteiger partial charge in [-0.25, -0.2) is 0 Å². The van der Waals surface area contributed by atoms with Crippen LogP contribution in [0.5, 0.6) is 5.75 Å². The smallest absolute Gasteiger partial charge is 0.163 e. The van der Waals surface area contributed by atoms with E-state index < -0.39 is 5.79 Å². The normalized spacial score (nSPS) is 30.9. The van der Waals surface area contributed by atoms with Crippen LogP contribution in [-0.2, 0) is 9.47 Å². The van der Waals surface area contributed by atoms with E-state index in [1.807, 2.05) is 26.0 Å². The summed E-state index contributed by atoms with van der Waals surface area (Å²) in [6.07, 6.45) is 2.58. The molecule has 0 bridgehead atoms. The molecule has 1 saturated carbocycles. The lowest BCUT2D eigenvalue weighted by atomic mass is 9.76. The lowest BCUT2D eigenvalue weighted by Crippen LogP contribution is -2.44. The number of ether oxygens (including phenoxy) is 3. The fourth-order valence-corrected chi connectivity index (χ4v) is 3.09. The van der Waals surface area contributed by atoms with Gasteiger partial charge in [0.1, 0.15) is 5.75 Å². The second-order valence-corrected chi connectivity index (χ2v) is 6.50. The van der Waals surface area contributed by atoms with E-state index in [0.29, 0.717) is 18.6 Å². The number of nitrogens with one attached hydrogen (secondary N) is 1. The zero-order valence-electron chi connectivity index (χ0n) is 13.1. The van der Waals surface area contributed by atoms with Crippen LogP contribution in [0.15, 0.2) is 24.3 Å². The molecule has 1 unspecified atom stereocenters. The summed E-state index contributed by atoms with van der Waals surface area (Å²) in [5.74, 6) is 1.18. The zero-order valence-corrected chi connectivity index (χ0v) is 13.1. The van der Waals surface area contributed by atoms with Crippen molar-refractivity contribution in [3.63, 3.8) is 0 Å². The Bertz CT molecular complexity index is 465. The molecule has 2 fully saturated rings. The van der Waals surface area contributed by atoms with Crippen LogP contribution >= 0.6 is 0 Å². The molecule has 1 atom stereocenters. The van der Waals surface area contributed by atoms with Crippen LogP contribution in [0, 0.1) is 0 Å². The first-order valence-corrected chi connectivity index (χ1v) is 7.75. The van der Waals surface area contributed by atoms with Crippen LogP contribution in [0.2, 0.25) is 0 Å². The predicted octanol–water partition coefficient (Wildman–Crippen LogP) is 2.68. The van der Waals surface area contributed by atoms with Gasteiger partial charge >= 0.3 is 0 Å². The van der Waals surface area contributed by atoms with Gasteiger partial charge in [-0.2, -0.15) is 0 Å². The number of hydrogen-bond donors (Lipinski definition) is 1. The van der Waals surface area contributed by atoms with E-state index >= 15 is 0 Å². The monoisotopic (exact) mass is 291 g/mol. The van der Waals surface area contributed by atoms with Crippen molar-refractivity contribution >= 4 is 0 Å². The Morgan fingerprint density at radius 1 is 1.24 bits per heavy atom. The molecule has 2 aliphatic rings. The maximum absolute atomic E-state index is 5.81. The second kappa shape index (κ2) is 5.95. The quantitative estimate of drug-likeness (QED) is 0.905. The number of benzene rings is 1. The summed E-state index contributed by atoms with van der Waals surface area (Å²) in [4.78, 5) is 0. The molecule has 21 heavy (non-hydrogen) atoms. The summed E-state index contributed by atoms with van der Waals surface area (Å²) in [5.41, 5.74) is 1.41. The minimum absolute atomic E-state index is 0.181. The molecule has 4 heteroatoms. The van der Waals surface area contributed by atoms with Crippen LogP contribution < -0.4 is 10.1 Å². The Hall–Kier alpha value is -1.10. The van der Waals surface area contributed by atoms with E-state index in [0.717, 1.165) is 12.3 Å². The summed E-state index contributed by atoms with van der Waals surface area (Å²) in [7, 11) is 1.70. The molecule has 1 aliphatic carbocycles. The average molecular weight is 291 g/mol. The molecule has 116 valence electrons. The number of rotatable bonds is 5. The molecule has 4 nitrogen and oxygen atoms in total. The van der Waals surface area contributed by atoms with Crippen LogP contribution in [0.3, 0.4) is 0 Å². The Labute approximate surface area is 126 Å². The molecule has 3 rings (SSSR count). The van der Waals surface area contributed by atoms with Gasteiger partial charge in [0.25, 0.3) is 0 Å². The van der Waals surface area contributed by atoms with Crippen LogP contribution in [0.4, 0.5) is 0 Å². The Kier molecular flexibility index (Phi) is 4.20. The summed E-state index contributed by atoms with van der Waals surface area (Å²) in [5, 5.41) is 3.59. The van der Waals surface area contributed by atoms with Gasteiger partial charge in [-0.05, 0) is 50.3 Å². The lowest BCUT2D eigenvalue weighted by molar-refractivity contribution is -0.138. The highest BCUT2D eigenvalue weighted by molar-refractivity contribution is 5.30.